The first-order valence-electron chi connectivity index (χ1n) is 7.52. The Bertz CT molecular complexity index is 547. The third-order valence-corrected chi connectivity index (χ3v) is 3.76. The number of nitrogens with one attached hydrogen (secondary N) is 1. The van der Waals surface area contributed by atoms with Crippen LogP contribution in [-0.4, -0.2) is 29.7 Å². The molecule has 0 radical (unpaired) electrons. The second-order valence-corrected chi connectivity index (χ2v) is 5.71. The molecule has 0 aliphatic heterocycles. The summed E-state index contributed by atoms with van der Waals surface area (Å²) >= 11 is 0. The number of nitrogens with two attached hydrogens (primary N) is 1. The van der Waals surface area contributed by atoms with E-state index in [0.717, 1.165) is 19.3 Å². The largest absolute Gasteiger partial charge is 0.468 e. The van der Waals surface area contributed by atoms with Gasteiger partial charge in [-0.2, -0.15) is 13.2 Å². The van der Waals surface area contributed by atoms with Gasteiger partial charge in [0.25, 0.3) is 0 Å². The van der Waals surface area contributed by atoms with Crippen LogP contribution in [0.4, 0.5) is 13.2 Å². The SMILES string of the molecule is Cl.Cl.NC1CCCC(C(=O)NCc2cccnc2OCC(F)(F)F)C1. The third kappa shape index (κ3) is 8.11. The summed E-state index contributed by atoms with van der Waals surface area (Å²) < 4.78 is 41.4. The minimum atomic E-state index is -4.43. The Kier molecular flexibility index (Phi) is 10.1. The van der Waals surface area contributed by atoms with E-state index in [1.807, 2.05) is 0 Å². The van der Waals surface area contributed by atoms with Crippen LogP contribution >= 0.6 is 24.8 Å². The molecular formula is C15H22Cl2F3N3O2. The van der Waals surface area contributed by atoms with Crippen molar-refractivity contribution in [2.75, 3.05) is 6.61 Å². The van der Waals surface area contributed by atoms with Crippen molar-refractivity contribution in [3.05, 3.63) is 23.9 Å². The van der Waals surface area contributed by atoms with Gasteiger partial charge in [-0.05, 0) is 25.3 Å². The molecule has 0 saturated heterocycles. The molecule has 10 heteroatoms. The zero-order chi connectivity index (χ0) is 16.9. The number of nitrogens with zero attached hydrogens (tertiary/aromatic N) is 1. The summed E-state index contributed by atoms with van der Waals surface area (Å²) in [5.74, 6) is -0.397. The van der Waals surface area contributed by atoms with Gasteiger partial charge in [-0.3, -0.25) is 4.79 Å². The molecule has 1 aromatic heterocycles. The number of rotatable bonds is 5. The second kappa shape index (κ2) is 10.7. The fourth-order valence-electron chi connectivity index (χ4n) is 2.63. The molecule has 25 heavy (non-hydrogen) atoms. The van der Waals surface area contributed by atoms with Gasteiger partial charge in [0.05, 0.1) is 0 Å². The Morgan fingerprint density at radius 2 is 2.08 bits per heavy atom. The number of alkyl halides is 3. The van der Waals surface area contributed by atoms with E-state index in [1.54, 1.807) is 12.1 Å². The Morgan fingerprint density at radius 3 is 2.72 bits per heavy atom. The summed E-state index contributed by atoms with van der Waals surface area (Å²) in [6.45, 7) is -1.34. The molecule has 5 nitrogen and oxygen atoms in total. The van der Waals surface area contributed by atoms with Crippen LogP contribution in [0.5, 0.6) is 5.88 Å². The molecule has 0 aromatic carbocycles. The molecule has 1 aliphatic rings. The smallest absolute Gasteiger partial charge is 0.422 e. The molecule has 2 rings (SSSR count). The maximum absolute atomic E-state index is 12.2. The highest BCUT2D eigenvalue weighted by atomic mass is 35.5. The van der Waals surface area contributed by atoms with Crippen LogP contribution < -0.4 is 15.8 Å². The first-order chi connectivity index (χ1) is 10.8. The maximum atomic E-state index is 12.2. The van der Waals surface area contributed by atoms with Crippen molar-refractivity contribution < 1.29 is 22.7 Å². The Labute approximate surface area is 156 Å². The molecule has 1 heterocycles. The number of carbonyl (C=O) groups excluding carboxylic acids is 1. The zero-order valence-corrected chi connectivity index (χ0v) is 15.1. The average molecular weight is 404 g/mol. The monoisotopic (exact) mass is 403 g/mol. The number of carbonyl (C=O) groups is 1. The lowest BCUT2D eigenvalue weighted by Crippen LogP contribution is -2.37. The Balaban J connectivity index is 0.00000288. The lowest BCUT2D eigenvalue weighted by atomic mass is 9.85. The third-order valence-electron chi connectivity index (χ3n) is 3.76. The molecular weight excluding hydrogens is 382 g/mol. The normalized spacial score (nSPS) is 20.0. The lowest BCUT2D eigenvalue weighted by molar-refractivity contribution is -0.154. The summed E-state index contributed by atoms with van der Waals surface area (Å²) in [6.07, 6.45) is 0.154. The fourth-order valence-corrected chi connectivity index (χ4v) is 2.63. The van der Waals surface area contributed by atoms with Crippen molar-refractivity contribution in [1.82, 2.24) is 10.3 Å². The minimum absolute atomic E-state index is 0. The van der Waals surface area contributed by atoms with E-state index < -0.39 is 12.8 Å². The summed E-state index contributed by atoms with van der Waals surface area (Å²) in [4.78, 5) is 15.9. The van der Waals surface area contributed by atoms with Gasteiger partial charge in [0, 0.05) is 30.3 Å². The number of ether oxygens (including phenoxy) is 1. The molecule has 144 valence electrons. The predicted molar refractivity (Wildman–Crippen MR) is 92.1 cm³/mol. The number of halogens is 5. The van der Waals surface area contributed by atoms with Crippen LogP contribution in [0.1, 0.15) is 31.2 Å². The average Bonchev–Trinajstić information content (AvgIpc) is 2.50. The zero-order valence-electron chi connectivity index (χ0n) is 13.4. The van der Waals surface area contributed by atoms with E-state index in [9.17, 15) is 18.0 Å². The van der Waals surface area contributed by atoms with Crippen LogP contribution in [0.2, 0.25) is 0 Å². The van der Waals surface area contributed by atoms with Gasteiger partial charge < -0.3 is 15.8 Å². The van der Waals surface area contributed by atoms with Gasteiger partial charge in [-0.25, -0.2) is 4.98 Å². The van der Waals surface area contributed by atoms with Crippen LogP contribution in [0.25, 0.3) is 0 Å². The number of aromatic nitrogens is 1. The summed E-state index contributed by atoms with van der Waals surface area (Å²) in [6, 6.07) is 3.19. The van der Waals surface area contributed by atoms with Gasteiger partial charge in [0.2, 0.25) is 11.8 Å². The highest BCUT2D eigenvalue weighted by molar-refractivity contribution is 5.85. The Morgan fingerprint density at radius 1 is 1.36 bits per heavy atom. The van der Waals surface area contributed by atoms with Gasteiger partial charge >= 0.3 is 6.18 Å². The first kappa shape index (κ1) is 23.8. The van der Waals surface area contributed by atoms with Crippen molar-refractivity contribution in [1.29, 1.82) is 0 Å². The van der Waals surface area contributed by atoms with Gasteiger partial charge in [0.15, 0.2) is 6.61 Å². The molecule has 2 unspecified atom stereocenters. The van der Waals surface area contributed by atoms with Crippen molar-refractivity contribution in [2.45, 2.75) is 44.4 Å². The van der Waals surface area contributed by atoms with Gasteiger partial charge in [-0.1, -0.05) is 12.5 Å². The van der Waals surface area contributed by atoms with Gasteiger partial charge in [0.1, 0.15) is 0 Å². The van der Waals surface area contributed by atoms with Crippen molar-refractivity contribution in [3.63, 3.8) is 0 Å². The highest BCUT2D eigenvalue weighted by Crippen LogP contribution is 2.24. The van der Waals surface area contributed by atoms with Crippen LogP contribution in [0, 0.1) is 5.92 Å². The topological polar surface area (TPSA) is 77.2 Å². The molecule has 1 fully saturated rings. The van der Waals surface area contributed by atoms with Crippen LogP contribution in [0.15, 0.2) is 18.3 Å². The molecule has 0 spiro atoms. The summed E-state index contributed by atoms with van der Waals surface area (Å²) in [5, 5.41) is 2.73. The van der Waals surface area contributed by atoms with Crippen molar-refractivity contribution >= 4 is 30.7 Å². The van der Waals surface area contributed by atoms with E-state index in [0.29, 0.717) is 12.0 Å². The number of hydrogen-bond donors (Lipinski definition) is 2. The quantitative estimate of drug-likeness (QED) is 0.791. The van der Waals surface area contributed by atoms with Crippen molar-refractivity contribution in [2.24, 2.45) is 11.7 Å². The molecule has 2 atom stereocenters. The number of hydrogen-bond acceptors (Lipinski definition) is 4. The standard InChI is InChI=1S/C15H20F3N3O2.2ClH/c16-15(17,18)9-23-14-11(4-2-6-20-14)8-21-13(22)10-3-1-5-12(19)7-10;;/h2,4,6,10,12H,1,3,5,7-9,19H2,(H,21,22);2*1H. The van der Waals surface area contributed by atoms with Gasteiger partial charge in [-0.15, -0.1) is 24.8 Å². The lowest BCUT2D eigenvalue weighted by Gasteiger charge is -2.25. The van der Waals surface area contributed by atoms with E-state index in [-0.39, 0.29) is 55.1 Å². The molecule has 1 aromatic rings. The van der Waals surface area contributed by atoms with Crippen molar-refractivity contribution in [3.8, 4) is 5.88 Å². The summed E-state index contributed by atoms with van der Waals surface area (Å²) in [5.41, 5.74) is 6.27. The van der Waals surface area contributed by atoms with Crippen LogP contribution in [-0.2, 0) is 11.3 Å². The second-order valence-electron chi connectivity index (χ2n) is 5.71. The molecule has 0 bridgehead atoms. The predicted octanol–water partition coefficient (Wildman–Crippen LogP) is 3.00. The maximum Gasteiger partial charge on any atom is 0.422 e. The fraction of sp³-hybridized carbons (Fsp3) is 0.600. The molecule has 3 N–H and O–H groups in total. The molecule has 1 aliphatic carbocycles. The first-order valence-corrected chi connectivity index (χ1v) is 7.52. The molecule has 1 saturated carbocycles. The summed E-state index contributed by atoms with van der Waals surface area (Å²) in [7, 11) is 0. The number of pyridine rings is 1. The minimum Gasteiger partial charge on any atom is -0.468 e. The van der Waals surface area contributed by atoms with Crippen LogP contribution in [0.3, 0.4) is 0 Å². The highest BCUT2D eigenvalue weighted by Gasteiger charge is 2.29. The van der Waals surface area contributed by atoms with E-state index in [4.69, 9.17) is 5.73 Å². The number of amides is 1. The Hall–Kier alpha value is -1.25. The van der Waals surface area contributed by atoms with E-state index in [2.05, 4.69) is 15.0 Å². The van der Waals surface area contributed by atoms with E-state index in [1.165, 1.54) is 6.20 Å². The van der Waals surface area contributed by atoms with E-state index >= 15 is 0 Å². The molecule has 1 amide bonds.